The summed E-state index contributed by atoms with van der Waals surface area (Å²) < 4.78 is 9.83. The van der Waals surface area contributed by atoms with Gasteiger partial charge in [0.2, 0.25) is 0 Å². The van der Waals surface area contributed by atoms with Crippen molar-refractivity contribution in [3.05, 3.63) is 81.6 Å². The predicted octanol–water partition coefficient (Wildman–Crippen LogP) is 2.84. The van der Waals surface area contributed by atoms with Gasteiger partial charge in [-0.25, -0.2) is 4.79 Å². The van der Waals surface area contributed by atoms with Crippen LogP contribution in [0.25, 0.3) is 39.0 Å². The van der Waals surface area contributed by atoms with Crippen LogP contribution in [0, 0.1) is 0 Å². The summed E-state index contributed by atoms with van der Waals surface area (Å²) in [4.78, 5) is 24.3. The zero-order valence-corrected chi connectivity index (χ0v) is 15.3. The third-order valence-electron chi connectivity index (χ3n) is 5.14. The van der Waals surface area contributed by atoms with Crippen LogP contribution in [0.1, 0.15) is 0 Å². The molecule has 2 aromatic carbocycles. The van der Waals surface area contributed by atoms with Crippen molar-refractivity contribution in [2.45, 2.75) is 0 Å². The predicted molar refractivity (Wildman–Crippen MR) is 107 cm³/mol. The molecule has 7 heteroatoms. The van der Waals surface area contributed by atoms with Gasteiger partial charge in [0.1, 0.15) is 0 Å². The molecule has 0 N–H and O–H groups in total. The first-order valence-electron chi connectivity index (χ1n) is 8.79. The summed E-state index contributed by atoms with van der Waals surface area (Å²) in [5, 5.41) is 4.82. The Balaban J connectivity index is 1.77. The fraction of sp³-hybridized carbons (Fsp3) is 0.0952. The van der Waals surface area contributed by atoms with Gasteiger partial charge in [0.05, 0.1) is 16.6 Å². The molecule has 3 aromatic heterocycles. The maximum atomic E-state index is 12.8. The van der Waals surface area contributed by atoms with Crippen molar-refractivity contribution in [1.29, 1.82) is 0 Å². The molecule has 0 aliphatic carbocycles. The van der Waals surface area contributed by atoms with Crippen LogP contribution in [0.4, 0.5) is 0 Å². The summed E-state index contributed by atoms with van der Waals surface area (Å²) in [7, 11) is 3.59. The fourth-order valence-corrected chi connectivity index (χ4v) is 3.71. The standard InChI is InChI=1S/C21H16N4O3/c1-23-16-6-4-3-5-15(16)19-17(23)11-12-18(26)25(19)14-9-7-13(8-10-14)20-22-28-21(27)24(20)2/h3-12H,1-2H3. The lowest BCUT2D eigenvalue weighted by Gasteiger charge is -2.09. The quantitative estimate of drug-likeness (QED) is 0.478. The van der Waals surface area contributed by atoms with Crippen molar-refractivity contribution < 1.29 is 4.52 Å². The molecular formula is C21H16N4O3. The molecule has 0 fully saturated rings. The van der Waals surface area contributed by atoms with Gasteiger partial charge in [0, 0.05) is 36.8 Å². The molecule has 0 aliphatic heterocycles. The smallest absolute Gasteiger partial charge is 0.342 e. The highest BCUT2D eigenvalue weighted by Gasteiger charge is 2.15. The van der Waals surface area contributed by atoms with Crippen molar-refractivity contribution in [1.82, 2.24) is 18.9 Å². The Morgan fingerprint density at radius 2 is 1.57 bits per heavy atom. The zero-order valence-electron chi connectivity index (χ0n) is 15.3. The second-order valence-electron chi connectivity index (χ2n) is 6.69. The van der Waals surface area contributed by atoms with Crippen LogP contribution in [0.2, 0.25) is 0 Å². The zero-order chi connectivity index (χ0) is 19.4. The van der Waals surface area contributed by atoms with E-state index in [2.05, 4.69) is 9.72 Å². The Morgan fingerprint density at radius 1 is 0.821 bits per heavy atom. The van der Waals surface area contributed by atoms with Crippen molar-refractivity contribution in [3.8, 4) is 17.1 Å². The number of para-hydroxylation sites is 1. The van der Waals surface area contributed by atoms with Crippen LogP contribution in [-0.4, -0.2) is 18.9 Å². The minimum Gasteiger partial charge on any atom is -0.342 e. The molecule has 0 saturated carbocycles. The third-order valence-corrected chi connectivity index (χ3v) is 5.14. The number of rotatable bonds is 2. The number of aromatic nitrogens is 4. The highest BCUT2D eigenvalue weighted by Crippen LogP contribution is 2.29. The van der Waals surface area contributed by atoms with Crippen LogP contribution in [0.3, 0.4) is 0 Å². The Kier molecular flexibility index (Phi) is 3.39. The van der Waals surface area contributed by atoms with Gasteiger partial charge in [-0.15, -0.1) is 0 Å². The van der Waals surface area contributed by atoms with Gasteiger partial charge in [-0.1, -0.05) is 23.4 Å². The third kappa shape index (κ3) is 2.19. The number of hydrogen-bond donors (Lipinski definition) is 0. The van der Waals surface area contributed by atoms with Gasteiger partial charge < -0.3 is 4.57 Å². The monoisotopic (exact) mass is 372 g/mol. The SMILES string of the molecule is Cn1c(-c2ccc(-n3c(=O)ccc4c3c3ccccc3n4C)cc2)noc1=O. The van der Waals surface area contributed by atoms with E-state index in [1.54, 1.807) is 17.7 Å². The second-order valence-corrected chi connectivity index (χ2v) is 6.69. The Bertz CT molecular complexity index is 1470. The summed E-state index contributed by atoms with van der Waals surface area (Å²) in [6.45, 7) is 0. The van der Waals surface area contributed by atoms with E-state index in [1.165, 1.54) is 4.57 Å². The Morgan fingerprint density at radius 3 is 2.29 bits per heavy atom. The Hall–Kier alpha value is -3.87. The topological polar surface area (TPSA) is 75.0 Å². The van der Waals surface area contributed by atoms with E-state index in [0.717, 1.165) is 33.2 Å². The number of nitrogens with zero attached hydrogens (tertiary/aromatic N) is 4. The van der Waals surface area contributed by atoms with E-state index < -0.39 is 5.76 Å². The normalized spacial score (nSPS) is 11.5. The number of hydrogen-bond acceptors (Lipinski definition) is 4. The number of fused-ring (bicyclic) bond motifs is 3. The fourth-order valence-electron chi connectivity index (χ4n) is 3.71. The first kappa shape index (κ1) is 16.3. The van der Waals surface area contributed by atoms with Crippen molar-refractivity contribution in [2.24, 2.45) is 14.1 Å². The Labute approximate surface area is 158 Å². The van der Waals surface area contributed by atoms with E-state index in [9.17, 15) is 9.59 Å². The van der Waals surface area contributed by atoms with Gasteiger partial charge in [-0.05, 0) is 36.4 Å². The molecular weight excluding hydrogens is 356 g/mol. The van der Waals surface area contributed by atoms with E-state index in [1.807, 2.05) is 61.6 Å². The van der Waals surface area contributed by atoms with E-state index >= 15 is 0 Å². The number of aryl methyl sites for hydroxylation is 1. The van der Waals surface area contributed by atoms with Gasteiger partial charge in [0.15, 0.2) is 5.82 Å². The van der Waals surface area contributed by atoms with Crippen LogP contribution in [-0.2, 0) is 14.1 Å². The minimum absolute atomic E-state index is 0.106. The summed E-state index contributed by atoms with van der Waals surface area (Å²) in [6.07, 6.45) is 0. The molecule has 0 spiro atoms. The molecule has 7 nitrogen and oxygen atoms in total. The highest BCUT2D eigenvalue weighted by molar-refractivity contribution is 6.06. The molecule has 0 amide bonds. The van der Waals surface area contributed by atoms with E-state index in [4.69, 9.17) is 4.52 Å². The maximum absolute atomic E-state index is 12.8. The van der Waals surface area contributed by atoms with Crippen molar-refractivity contribution >= 4 is 21.9 Å². The lowest BCUT2D eigenvalue weighted by Crippen LogP contribution is -2.17. The second kappa shape index (κ2) is 5.82. The lowest BCUT2D eigenvalue weighted by molar-refractivity contribution is 0.380. The maximum Gasteiger partial charge on any atom is 0.441 e. The van der Waals surface area contributed by atoms with Gasteiger partial charge in [-0.3, -0.25) is 18.5 Å². The van der Waals surface area contributed by atoms with Crippen LogP contribution in [0.15, 0.2) is 74.8 Å². The average Bonchev–Trinajstić information content (AvgIpc) is 3.20. The van der Waals surface area contributed by atoms with Crippen LogP contribution >= 0.6 is 0 Å². The lowest BCUT2D eigenvalue weighted by atomic mass is 10.1. The molecule has 3 heterocycles. The van der Waals surface area contributed by atoms with E-state index in [0.29, 0.717) is 5.82 Å². The first-order valence-corrected chi connectivity index (χ1v) is 8.79. The largest absolute Gasteiger partial charge is 0.441 e. The van der Waals surface area contributed by atoms with Gasteiger partial charge in [-0.2, -0.15) is 0 Å². The molecule has 28 heavy (non-hydrogen) atoms. The number of pyridine rings is 1. The minimum atomic E-state index is -0.518. The van der Waals surface area contributed by atoms with Gasteiger partial charge >= 0.3 is 5.76 Å². The number of benzene rings is 2. The average molecular weight is 372 g/mol. The summed E-state index contributed by atoms with van der Waals surface area (Å²) in [5.74, 6) is -0.0805. The molecule has 0 aliphatic rings. The highest BCUT2D eigenvalue weighted by atomic mass is 16.5. The molecule has 0 radical (unpaired) electrons. The molecule has 0 bridgehead atoms. The molecule has 138 valence electrons. The molecule has 0 unspecified atom stereocenters. The molecule has 0 saturated heterocycles. The van der Waals surface area contributed by atoms with Gasteiger partial charge in [0.25, 0.3) is 5.56 Å². The first-order chi connectivity index (χ1) is 13.6. The molecule has 0 atom stereocenters. The van der Waals surface area contributed by atoms with Crippen LogP contribution < -0.4 is 11.3 Å². The van der Waals surface area contributed by atoms with Crippen molar-refractivity contribution in [2.75, 3.05) is 0 Å². The van der Waals surface area contributed by atoms with Crippen molar-refractivity contribution in [3.63, 3.8) is 0 Å². The summed E-state index contributed by atoms with van der Waals surface area (Å²) in [5.41, 5.74) is 4.27. The molecule has 5 rings (SSSR count). The van der Waals surface area contributed by atoms with E-state index in [-0.39, 0.29) is 5.56 Å². The summed E-state index contributed by atoms with van der Waals surface area (Å²) in [6, 6.07) is 18.8. The van der Waals surface area contributed by atoms with Crippen LogP contribution in [0.5, 0.6) is 0 Å². The summed E-state index contributed by atoms with van der Waals surface area (Å²) >= 11 is 0. The molecule has 5 aromatic rings.